The number of methoxy groups -OCH3 is 1. The molecule has 0 aromatic heterocycles. The normalized spacial score (nSPS) is 21.9. The lowest BCUT2D eigenvalue weighted by Crippen LogP contribution is -2.37. The maximum absolute atomic E-state index is 11.8. The van der Waals surface area contributed by atoms with E-state index in [1.165, 1.54) is 18.1 Å². The number of carbonyl (C=O) groups excluding carboxylic acids is 3. The molecule has 17 heavy (non-hydrogen) atoms. The quantitative estimate of drug-likeness (QED) is 0.497. The SMILES string of the molecule is COC(=O)C1=CC(C)(C)C2=CC(=O)CC(=O)N12. The number of esters is 1. The van der Waals surface area contributed by atoms with E-state index in [0.717, 1.165) is 0 Å². The third-order valence-corrected chi connectivity index (χ3v) is 2.91. The van der Waals surface area contributed by atoms with Crippen LogP contribution >= 0.6 is 0 Å². The number of rotatable bonds is 1. The van der Waals surface area contributed by atoms with Crippen LogP contribution in [0.15, 0.2) is 23.5 Å². The van der Waals surface area contributed by atoms with E-state index in [0.29, 0.717) is 5.70 Å². The maximum atomic E-state index is 11.8. The van der Waals surface area contributed by atoms with Crippen molar-refractivity contribution >= 4 is 17.7 Å². The molecule has 0 fully saturated rings. The van der Waals surface area contributed by atoms with Crippen LogP contribution in [0.25, 0.3) is 0 Å². The topological polar surface area (TPSA) is 63.7 Å². The van der Waals surface area contributed by atoms with E-state index in [1.54, 1.807) is 6.08 Å². The Balaban J connectivity index is 2.53. The minimum absolute atomic E-state index is 0.196. The number of hydrogen-bond acceptors (Lipinski definition) is 4. The molecule has 0 saturated heterocycles. The fraction of sp³-hybridized carbons (Fsp3) is 0.417. The number of hydrogen-bond donors (Lipinski definition) is 0. The summed E-state index contributed by atoms with van der Waals surface area (Å²) in [5, 5.41) is 0. The second-order valence-corrected chi connectivity index (χ2v) is 4.64. The molecule has 0 bridgehead atoms. The molecule has 0 radical (unpaired) electrons. The summed E-state index contributed by atoms with van der Waals surface area (Å²) >= 11 is 0. The first kappa shape index (κ1) is 11.6. The molecule has 0 aliphatic carbocycles. The Labute approximate surface area is 98.7 Å². The average Bonchev–Trinajstić information content (AvgIpc) is 2.50. The van der Waals surface area contributed by atoms with Gasteiger partial charge in [0.05, 0.1) is 13.5 Å². The smallest absolute Gasteiger partial charge is 0.354 e. The Hall–Kier alpha value is -1.91. The van der Waals surface area contributed by atoms with E-state index in [9.17, 15) is 14.4 Å². The van der Waals surface area contributed by atoms with Crippen molar-refractivity contribution in [3.05, 3.63) is 23.5 Å². The molecule has 0 unspecified atom stereocenters. The van der Waals surface area contributed by atoms with Gasteiger partial charge >= 0.3 is 5.97 Å². The number of carbonyl (C=O) groups is 3. The van der Waals surface area contributed by atoms with Crippen molar-refractivity contribution in [1.82, 2.24) is 4.90 Å². The van der Waals surface area contributed by atoms with Gasteiger partial charge in [-0.05, 0) is 6.08 Å². The van der Waals surface area contributed by atoms with Crippen LogP contribution in [0.4, 0.5) is 0 Å². The van der Waals surface area contributed by atoms with Crippen LogP contribution in [0.2, 0.25) is 0 Å². The summed E-state index contributed by atoms with van der Waals surface area (Å²) in [5.74, 6) is -1.17. The second kappa shape index (κ2) is 3.55. The molecule has 0 N–H and O–H groups in total. The van der Waals surface area contributed by atoms with E-state index in [2.05, 4.69) is 4.74 Å². The van der Waals surface area contributed by atoms with Gasteiger partial charge in [-0.15, -0.1) is 0 Å². The van der Waals surface area contributed by atoms with Gasteiger partial charge in [0.1, 0.15) is 5.70 Å². The molecule has 2 rings (SSSR count). The van der Waals surface area contributed by atoms with Gasteiger partial charge in [-0.2, -0.15) is 0 Å². The molecule has 2 aliphatic rings. The monoisotopic (exact) mass is 235 g/mol. The standard InChI is InChI=1S/C12H13NO4/c1-12(2)6-8(11(16)17-3)13-9(12)4-7(14)5-10(13)15/h4,6H,5H2,1-3H3. The van der Waals surface area contributed by atoms with Gasteiger partial charge in [0, 0.05) is 17.2 Å². The van der Waals surface area contributed by atoms with Crippen molar-refractivity contribution < 1.29 is 19.1 Å². The highest BCUT2D eigenvalue weighted by Crippen LogP contribution is 2.42. The van der Waals surface area contributed by atoms with Crippen molar-refractivity contribution in [2.24, 2.45) is 5.41 Å². The third-order valence-electron chi connectivity index (χ3n) is 2.91. The molecule has 0 aromatic carbocycles. The molecule has 90 valence electrons. The first-order valence-corrected chi connectivity index (χ1v) is 5.26. The van der Waals surface area contributed by atoms with E-state index in [-0.39, 0.29) is 23.8 Å². The number of amides is 1. The summed E-state index contributed by atoms with van der Waals surface area (Å²) in [5.41, 5.74) is 0.218. The Morgan fingerprint density at radius 3 is 2.65 bits per heavy atom. The van der Waals surface area contributed by atoms with Gasteiger partial charge < -0.3 is 4.74 Å². The van der Waals surface area contributed by atoms with Crippen LogP contribution in [0.1, 0.15) is 20.3 Å². The van der Waals surface area contributed by atoms with Gasteiger partial charge in [-0.1, -0.05) is 13.8 Å². The highest BCUT2D eigenvalue weighted by Gasteiger charge is 2.44. The fourth-order valence-electron chi connectivity index (χ4n) is 2.10. The van der Waals surface area contributed by atoms with Crippen LogP contribution in [-0.4, -0.2) is 29.7 Å². The summed E-state index contributed by atoms with van der Waals surface area (Å²) in [6.45, 7) is 3.68. The summed E-state index contributed by atoms with van der Waals surface area (Å²) in [6.07, 6.45) is 2.88. The lowest BCUT2D eigenvalue weighted by atomic mass is 9.89. The number of allylic oxidation sites excluding steroid dienone is 2. The lowest BCUT2D eigenvalue weighted by Gasteiger charge is -2.28. The first-order valence-electron chi connectivity index (χ1n) is 5.26. The Morgan fingerprint density at radius 2 is 2.06 bits per heavy atom. The molecule has 5 heteroatoms. The summed E-state index contributed by atoms with van der Waals surface area (Å²) in [4.78, 5) is 36.1. The van der Waals surface area contributed by atoms with Crippen molar-refractivity contribution in [3.63, 3.8) is 0 Å². The third kappa shape index (κ3) is 1.67. The average molecular weight is 235 g/mol. The van der Waals surface area contributed by atoms with Crippen LogP contribution < -0.4 is 0 Å². The van der Waals surface area contributed by atoms with Crippen molar-refractivity contribution in [2.75, 3.05) is 7.11 Å². The highest BCUT2D eigenvalue weighted by atomic mass is 16.5. The molecular weight excluding hydrogens is 222 g/mol. The molecule has 2 aliphatic heterocycles. The largest absolute Gasteiger partial charge is 0.464 e. The number of nitrogens with zero attached hydrogens (tertiary/aromatic N) is 1. The van der Waals surface area contributed by atoms with Crippen LogP contribution in [0, 0.1) is 5.41 Å². The van der Waals surface area contributed by atoms with Gasteiger partial charge in [0.25, 0.3) is 0 Å². The maximum Gasteiger partial charge on any atom is 0.354 e. The Morgan fingerprint density at radius 1 is 1.41 bits per heavy atom. The number of ether oxygens (including phenoxy) is 1. The first-order chi connectivity index (χ1) is 7.86. The zero-order valence-corrected chi connectivity index (χ0v) is 9.94. The summed E-state index contributed by atoms with van der Waals surface area (Å²) < 4.78 is 4.64. The van der Waals surface area contributed by atoms with E-state index in [4.69, 9.17) is 0 Å². The van der Waals surface area contributed by atoms with Crippen molar-refractivity contribution in [2.45, 2.75) is 20.3 Å². The van der Waals surface area contributed by atoms with Gasteiger partial charge in [0.15, 0.2) is 5.78 Å². The predicted molar refractivity (Wildman–Crippen MR) is 58.4 cm³/mol. The number of ketones is 1. The highest BCUT2D eigenvalue weighted by molar-refractivity contribution is 6.10. The zero-order chi connectivity index (χ0) is 12.8. The van der Waals surface area contributed by atoms with Gasteiger partial charge in [-0.3, -0.25) is 14.5 Å². The summed E-state index contributed by atoms with van der Waals surface area (Å²) in [6, 6.07) is 0. The van der Waals surface area contributed by atoms with Crippen LogP contribution in [0.5, 0.6) is 0 Å². The molecular formula is C12H13NO4. The lowest BCUT2D eigenvalue weighted by molar-refractivity contribution is -0.142. The fourth-order valence-corrected chi connectivity index (χ4v) is 2.10. The molecule has 0 atom stereocenters. The van der Waals surface area contributed by atoms with Gasteiger partial charge in [0.2, 0.25) is 5.91 Å². The van der Waals surface area contributed by atoms with E-state index in [1.807, 2.05) is 13.8 Å². The molecule has 0 spiro atoms. The summed E-state index contributed by atoms with van der Waals surface area (Å²) in [7, 11) is 1.26. The van der Waals surface area contributed by atoms with Crippen LogP contribution in [-0.2, 0) is 19.1 Å². The Kier molecular flexibility index (Phi) is 2.41. The second-order valence-electron chi connectivity index (χ2n) is 4.64. The van der Waals surface area contributed by atoms with Crippen LogP contribution in [0.3, 0.4) is 0 Å². The zero-order valence-electron chi connectivity index (χ0n) is 9.94. The minimum atomic E-state index is -0.566. The predicted octanol–water partition coefficient (Wildman–Crippen LogP) is 0.768. The Bertz CT molecular complexity index is 485. The van der Waals surface area contributed by atoms with Gasteiger partial charge in [-0.25, -0.2) is 4.79 Å². The van der Waals surface area contributed by atoms with Crippen molar-refractivity contribution in [1.29, 1.82) is 0 Å². The van der Waals surface area contributed by atoms with E-state index >= 15 is 0 Å². The molecule has 0 saturated carbocycles. The van der Waals surface area contributed by atoms with Crippen molar-refractivity contribution in [3.8, 4) is 0 Å². The number of fused-ring (bicyclic) bond motifs is 1. The molecule has 5 nitrogen and oxygen atoms in total. The molecule has 0 aromatic rings. The molecule has 2 heterocycles. The molecule has 1 amide bonds. The minimum Gasteiger partial charge on any atom is -0.464 e. The van der Waals surface area contributed by atoms with E-state index < -0.39 is 11.4 Å².